The van der Waals surface area contributed by atoms with Crippen molar-refractivity contribution in [3.63, 3.8) is 0 Å². The minimum Gasteiger partial charge on any atom is -0.355 e. The molecule has 0 spiro atoms. The fourth-order valence-corrected chi connectivity index (χ4v) is 4.76. The van der Waals surface area contributed by atoms with Crippen molar-refractivity contribution in [1.82, 2.24) is 10.3 Å². The average molecular weight is 302 g/mol. The molecule has 7 heteroatoms. The SMILES string of the molecule is Cc1nc(CCNC(=O)[C@@H]2CCS(=O)(=O)C2)sc1C. The van der Waals surface area contributed by atoms with Crippen molar-refractivity contribution in [3.05, 3.63) is 15.6 Å². The van der Waals surface area contributed by atoms with Crippen LogP contribution in [0.15, 0.2) is 0 Å². The Morgan fingerprint density at radius 1 is 1.47 bits per heavy atom. The van der Waals surface area contributed by atoms with E-state index >= 15 is 0 Å². The number of hydrogen-bond acceptors (Lipinski definition) is 5. The topological polar surface area (TPSA) is 76.1 Å². The summed E-state index contributed by atoms with van der Waals surface area (Å²) in [7, 11) is -2.99. The molecule has 1 atom stereocenters. The molecule has 2 rings (SSSR count). The fourth-order valence-electron chi connectivity index (χ4n) is 2.08. The van der Waals surface area contributed by atoms with E-state index in [0.717, 1.165) is 10.7 Å². The zero-order valence-corrected chi connectivity index (χ0v) is 12.7. The van der Waals surface area contributed by atoms with Crippen LogP contribution in [-0.2, 0) is 21.1 Å². The molecule has 1 N–H and O–H groups in total. The average Bonchev–Trinajstić information content (AvgIpc) is 2.83. The first-order chi connectivity index (χ1) is 8.87. The lowest BCUT2D eigenvalue weighted by atomic mass is 10.1. The van der Waals surface area contributed by atoms with Gasteiger partial charge in [0.1, 0.15) is 0 Å². The van der Waals surface area contributed by atoms with Crippen molar-refractivity contribution in [2.24, 2.45) is 5.92 Å². The van der Waals surface area contributed by atoms with E-state index in [9.17, 15) is 13.2 Å². The molecule has 1 aromatic heterocycles. The number of carbonyl (C=O) groups excluding carboxylic acids is 1. The highest BCUT2D eigenvalue weighted by Gasteiger charge is 2.32. The largest absolute Gasteiger partial charge is 0.355 e. The summed E-state index contributed by atoms with van der Waals surface area (Å²) in [6, 6.07) is 0. The van der Waals surface area contributed by atoms with E-state index in [1.165, 1.54) is 4.88 Å². The van der Waals surface area contributed by atoms with Crippen molar-refractivity contribution in [2.75, 3.05) is 18.1 Å². The number of hydrogen-bond donors (Lipinski definition) is 1. The van der Waals surface area contributed by atoms with E-state index in [-0.39, 0.29) is 23.3 Å². The van der Waals surface area contributed by atoms with E-state index < -0.39 is 9.84 Å². The monoisotopic (exact) mass is 302 g/mol. The first-order valence-corrected chi connectivity index (χ1v) is 8.92. The number of thiazole rings is 1. The molecule has 2 heterocycles. The molecule has 5 nitrogen and oxygen atoms in total. The summed E-state index contributed by atoms with van der Waals surface area (Å²) in [6.07, 6.45) is 1.15. The van der Waals surface area contributed by atoms with Crippen molar-refractivity contribution in [1.29, 1.82) is 0 Å². The molecule has 0 aromatic carbocycles. The van der Waals surface area contributed by atoms with Crippen LogP contribution in [0.3, 0.4) is 0 Å². The molecule has 1 fully saturated rings. The highest BCUT2D eigenvalue weighted by molar-refractivity contribution is 7.91. The van der Waals surface area contributed by atoms with Gasteiger partial charge in [-0.15, -0.1) is 11.3 Å². The predicted molar refractivity (Wildman–Crippen MR) is 75.1 cm³/mol. The van der Waals surface area contributed by atoms with Gasteiger partial charge < -0.3 is 5.32 Å². The highest BCUT2D eigenvalue weighted by atomic mass is 32.2. The van der Waals surface area contributed by atoms with Gasteiger partial charge >= 0.3 is 0 Å². The summed E-state index contributed by atoms with van der Waals surface area (Å²) in [5.74, 6) is -0.389. The third-order valence-electron chi connectivity index (χ3n) is 3.31. The Morgan fingerprint density at radius 2 is 2.21 bits per heavy atom. The number of nitrogens with one attached hydrogen (secondary N) is 1. The smallest absolute Gasteiger partial charge is 0.224 e. The molecular formula is C12H18N2O3S2. The Hall–Kier alpha value is -0.950. The van der Waals surface area contributed by atoms with Gasteiger partial charge in [-0.05, 0) is 20.3 Å². The highest BCUT2D eigenvalue weighted by Crippen LogP contribution is 2.19. The van der Waals surface area contributed by atoms with Gasteiger partial charge in [0.2, 0.25) is 5.91 Å². The van der Waals surface area contributed by atoms with Crippen LogP contribution in [0, 0.1) is 19.8 Å². The lowest BCUT2D eigenvalue weighted by Gasteiger charge is -2.08. The summed E-state index contributed by atoms with van der Waals surface area (Å²) in [5, 5.41) is 3.81. The second-order valence-corrected chi connectivity index (χ2v) is 8.41. The predicted octanol–water partition coefficient (Wildman–Crippen LogP) is 0.853. The van der Waals surface area contributed by atoms with Crippen LogP contribution in [0.2, 0.25) is 0 Å². The molecule has 106 valence electrons. The van der Waals surface area contributed by atoms with Crippen LogP contribution >= 0.6 is 11.3 Å². The number of amides is 1. The number of aryl methyl sites for hydroxylation is 2. The molecule has 1 aromatic rings. The quantitative estimate of drug-likeness (QED) is 0.895. The molecule has 19 heavy (non-hydrogen) atoms. The second-order valence-electron chi connectivity index (χ2n) is 4.89. The van der Waals surface area contributed by atoms with Crippen LogP contribution in [0.4, 0.5) is 0 Å². The maximum absolute atomic E-state index is 11.8. The first-order valence-electron chi connectivity index (χ1n) is 6.28. The number of aromatic nitrogens is 1. The molecule has 1 aliphatic rings. The Bertz CT molecular complexity index is 558. The fraction of sp³-hybridized carbons (Fsp3) is 0.667. The summed E-state index contributed by atoms with van der Waals surface area (Å²) >= 11 is 1.64. The third kappa shape index (κ3) is 3.76. The molecule has 0 unspecified atom stereocenters. The van der Waals surface area contributed by atoms with Crippen LogP contribution in [0.5, 0.6) is 0 Å². The zero-order chi connectivity index (χ0) is 14.0. The van der Waals surface area contributed by atoms with E-state index in [2.05, 4.69) is 10.3 Å². The van der Waals surface area contributed by atoms with Crippen molar-refractivity contribution in [3.8, 4) is 0 Å². The van der Waals surface area contributed by atoms with Crippen LogP contribution < -0.4 is 5.32 Å². The molecule has 1 saturated heterocycles. The van der Waals surface area contributed by atoms with E-state index in [1.54, 1.807) is 11.3 Å². The summed E-state index contributed by atoms with van der Waals surface area (Å²) in [4.78, 5) is 17.4. The summed E-state index contributed by atoms with van der Waals surface area (Å²) < 4.78 is 22.6. The lowest BCUT2D eigenvalue weighted by molar-refractivity contribution is -0.124. The Balaban J connectivity index is 1.78. The number of rotatable bonds is 4. The van der Waals surface area contributed by atoms with Gasteiger partial charge in [-0.3, -0.25) is 4.79 Å². The van der Waals surface area contributed by atoms with E-state index in [0.29, 0.717) is 19.4 Å². The maximum Gasteiger partial charge on any atom is 0.224 e. The van der Waals surface area contributed by atoms with Gasteiger partial charge in [0.05, 0.1) is 28.1 Å². The van der Waals surface area contributed by atoms with Crippen molar-refractivity contribution >= 4 is 27.1 Å². The molecule has 0 radical (unpaired) electrons. The number of sulfone groups is 1. The lowest BCUT2D eigenvalue weighted by Crippen LogP contribution is -2.32. The van der Waals surface area contributed by atoms with E-state index in [4.69, 9.17) is 0 Å². The molecule has 1 amide bonds. The number of carbonyl (C=O) groups is 1. The van der Waals surface area contributed by atoms with Gasteiger partial charge in [0.15, 0.2) is 9.84 Å². The van der Waals surface area contributed by atoms with Gasteiger partial charge in [0, 0.05) is 17.8 Å². The van der Waals surface area contributed by atoms with Crippen LogP contribution in [-0.4, -0.2) is 37.4 Å². The number of nitrogens with zero attached hydrogens (tertiary/aromatic N) is 1. The summed E-state index contributed by atoms with van der Waals surface area (Å²) in [6.45, 7) is 4.51. The molecular weight excluding hydrogens is 284 g/mol. The normalized spacial score (nSPS) is 21.5. The zero-order valence-electron chi connectivity index (χ0n) is 11.1. The summed E-state index contributed by atoms with van der Waals surface area (Å²) in [5.41, 5.74) is 1.04. The van der Waals surface area contributed by atoms with Crippen LogP contribution in [0.25, 0.3) is 0 Å². The van der Waals surface area contributed by atoms with Crippen molar-refractivity contribution < 1.29 is 13.2 Å². The van der Waals surface area contributed by atoms with Gasteiger partial charge in [-0.25, -0.2) is 13.4 Å². The van der Waals surface area contributed by atoms with Gasteiger partial charge in [-0.2, -0.15) is 0 Å². The standard InChI is InChI=1S/C12H18N2O3S2/c1-8-9(2)18-11(14-8)3-5-13-12(15)10-4-6-19(16,17)7-10/h10H,3-7H2,1-2H3,(H,13,15)/t10-/m1/s1. The van der Waals surface area contributed by atoms with Crippen LogP contribution in [0.1, 0.15) is 22.0 Å². The Morgan fingerprint density at radius 3 is 2.74 bits per heavy atom. The minimum absolute atomic E-state index is 0.00565. The molecule has 0 bridgehead atoms. The first kappa shape index (κ1) is 14.5. The third-order valence-corrected chi connectivity index (χ3v) is 6.21. The van der Waals surface area contributed by atoms with Crippen molar-refractivity contribution in [2.45, 2.75) is 26.7 Å². The van der Waals surface area contributed by atoms with E-state index in [1.807, 2.05) is 13.8 Å². The Labute approximate surface area is 117 Å². The van der Waals surface area contributed by atoms with Gasteiger partial charge in [-0.1, -0.05) is 0 Å². The molecule has 0 aliphatic carbocycles. The Kier molecular flexibility index (Phi) is 4.25. The molecule has 1 aliphatic heterocycles. The minimum atomic E-state index is -2.99. The maximum atomic E-state index is 11.8. The van der Waals surface area contributed by atoms with Gasteiger partial charge in [0.25, 0.3) is 0 Å². The molecule has 0 saturated carbocycles. The second kappa shape index (κ2) is 5.58.